The molecule has 0 bridgehead atoms. The first-order valence-corrected chi connectivity index (χ1v) is 5.01. The molecule has 1 nitrogen and oxygen atoms in total. The summed E-state index contributed by atoms with van der Waals surface area (Å²) in [6, 6.07) is 0. The molecule has 0 amide bonds. The zero-order valence-corrected chi connectivity index (χ0v) is 7.84. The Morgan fingerprint density at radius 2 is 2.08 bits per heavy atom. The summed E-state index contributed by atoms with van der Waals surface area (Å²) in [5.74, 6) is 1.15. The summed E-state index contributed by atoms with van der Waals surface area (Å²) in [7, 11) is 0. The predicted molar refractivity (Wildman–Crippen MR) is 49.8 cm³/mol. The van der Waals surface area contributed by atoms with Gasteiger partial charge in [-0.15, -0.1) is 0 Å². The summed E-state index contributed by atoms with van der Waals surface area (Å²) in [5, 5.41) is 10.1. The average molecular weight is 166 g/mol. The molecule has 0 aliphatic heterocycles. The Balaban J connectivity index is 2.22. The van der Waals surface area contributed by atoms with Crippen LogP contribution in [0.3, 0.4) is 0 Å². The van der Waals surface area contributed by atoms with Crippen LogP contribution in [0.25, 0.3) is 0 Å². The molecule has 2 aliphatic rings. The van der Waals surface area contributed by atoms with Crippen molar-refractivity contribution in [3.05, 3.63) is 12.2 Å². The third-order valence-electron chi connectivity index (χ3n) is 3.67. The summed E-state index contributed by atoms with van der Waals surface area (Å²) in [5.41, 5.74) is 0.854. The number of hydrogen-bond acceptors (Lipinski definition) is 1. The van der Waals surface area contributed by atoms with E-state index in [1.807, 2.05) is 6.92 Å². The van der Waals surface area contributed by atoms with Crippen molar-refractivity contribution < 1.29 is 5.11 Å². The van der Waals surface area contributed by atoms with Crippen LogP contribution in [0.2, 0.25) is 0 Å². The van der Waals surface area contributed by atoms with Crippen LogP contribution < -0.4 is 0 Å². The fourth-order valence-electron chi connectivity index (χ4n) is 3.09. The Morgan fingerprint density at radius 1 is 1.42 bits per heavy atom. The van der Waals surface area contributed by atoms with E-state index in [2.05, 4.69) is 6.58 Å². The molecule has 0 aromatic carbocycles. The minimum absolute atomic E-state index is 0.442. The monoisotopic (exact) mass is 166 g/mol. The Hall–Kier alpha value is -0.300. The summed E-state index contributed by atoms with van der Waals surface area (Å²) in [6.07, 6.45) is 5.93. The van der Waals surface area contributed by atoms with Gasteiger partial charge in [0, 0.05) is 0 Å². The van der Waals surface area contributed by atoms with Gasteiger partial charge in [0.2, 0.25) is 0 Å². The smallest absolute Gasteiger partial charge is 0.0690 e. The maximum Gasteiger partial charge on any atom is 0.0690 e. The van der Waals surface area contributed by atoms with Crippen molar-refractivity contribution in [3.63, 3.8) is 0 Å². The van der Waals surface area contributed by atoms with E-state index in [-0.39, 0.29) is 0 Å². The lowest BCUT2D eigenvalue weighted by atomic mass is 9.76. The van der Waals surface area contributed by atoms with Gasteiger partial charge in [0.25, 0.3) is 0 Å². The van der Waals surface area contributed by atoms with E-state index in [1.165, 1.54) is 31.3 Å². The van der Waals surface area contributed by atoms with Crippen molar-refractivity contribution in [3.8, 4) is 0 Å². The molecule has 12 heavy (non-hydrogen) atoms. The van der Waals surface area contributed by atoms with Crippen LogP contribution in [0.15, 0.2) is 12.2 Å². The van der Waals surface area contributed by atoms with Gasteiger partial charge in [0.05, 0.1) is 5.60 Å². The highest BCUT2D eigenvalue weighted by Crippen LogP contribution is 2.50. The third-order valence-corrected chi connectivity index (χ3v) is 3.67. The van der Waals surface area contributed by atoms with E-state index in [1.54, 1.807) is 0 Å². The maximum absolute atomic E-state index is 10.1. The second-order valence-corrected chi connectivity index (χ2v) is 4.69. The Bertz CT molecular complexity index is 205. The first-order valence-electron chi connectivity index (χ1n) is 5.01. The summed E-state index contributed by atoms with van der Waals surface area (Å²) >= 11 is 0. The quantitative estimate of drug-likeness (QED) is 0.548. The van der Waals surface area contributed by atoms with Crippen molar-refractivity contribution in [2.75, 3.05) is 0 Å². The highest BCUT2D eigenvalue weighted by atomic mass is 16.3. The molecule has 1 N–H and O–H groups in total. The average Bonchev–Trinajstić information content (AvgIpc) is 2.25. The highest BCUT2D eigenvalue weighted by Gasteiger charge is 2.46. The number of hydrogen-bond donors (Lipinski definition) is 1. The van der Waals surface area contributed by atoms with Crippen LogP contribution in [0.5, 0.6) is 0 Å². The number of aliphatic hydroxyl groups is 1. The largest absolute Gasteiger partial charge is 0.390 e. The molecule has 2 aliphatic carbocycles. The van der Waals surface area contributed by atoms with Gasteiger partial charge < -0.3 is 5.11 Å². The van der Waals surface area contributed by atoms with Gasteiger partial charge in [0.15, 0.2) is 0 Å². The molecule has 68 valence electrons. The SMILES string of the molecule is C=C1C[C@](C)(O)[C@@H]2CCCC[C@H]12. The van der Waals surface area contributed by atoms with Crippen LogP contribution in [0.4, 0.5) is 0 Å². The lowest BCUT2D eigenvalue weighted by Gasteiger charge is -2.32. The molecule has 2 saturated carbocycles. The molecule has 2 fully saturated rings. The first-order chi connectivity index (χ1) is 5.61. The molecular weight excluding hydrogens is 148 g/mol. The predicted octanol–water partition coefficient (Wildman–Crippen LogP) is 2.50. The van der Waals surface area contributed by atoms with Crippen molar-refractivity contribution in [1.82, 2.24) is 0 Å². The molecule has 3 atom stereocenters. The minimum Gasteiger partial charge on any atom is -0.390 e. The normalized spacial score (nSPS) is 47.7. The molecule has 2 rings (SSSR count). The van der Waals surface area contributed by atoms with Gasteiger partial charge in [0.1, 0.15) is 0 Å². The number of rotatable bonds is 0. The van der Waals surface area contributed by atoms with Gasteiger partial charge in [-0.25, -0.2) is 0 Å². The molecule has 0 unspecified atom stereocenters. The maximum atomic E-state index is 10.1. The van der Waals surface area contributed by atoms with Crippen molar-refractivity contribution in [2.24, 2.45) is 11.8 Å². The third kappa shape index (κ3) is 1.11. The zero-order valence-electron chi connectivity index (χ0n) is 7.84. The second kappa shape index (κ2) is 2.59. The molecule has 1 heteroatoms. The van der Waals surface area contributed by atoms with Crippen molar-refractivity contribution in [1.29, 1.82) is 0 Å². The van der Waals surface area contributed by atoms with Crippen molar-refractivity contribution in [2.45, 2.75) is 44.6 Å². The summed E-state index contributed by atoms with van der Waals surface area (Å²) in [4.78, 5) is 0. The molecule has 0 saturated heterocycles. The second-order valence-electron chi connectivity index (χ2n) is 4.69. The van der Waals surface area contributed by atoms with E-state index in [0.29, 0.717) is 11.8 Å². The minimum atomic E-state index is -0.442. The van der Waals surface area contributed by atoms with Gasteiger partial charge >= 0.3 is 0 Å². The lowest BCUT2D eigenvalue weighted by Crippen LogP contribution is -2.33. The standard InChI is InChI=1S/C11H18O/c1-8-7-11(2,12)10-6-4-3-5-9(8)10/h9-10,12H,1,3-7H2,2H3/t9-,10-,11+/m1/s1. The van der Waals surface area contributed by atoms with E-state index >= 15 is 0 Å². The topological polar surface area (TPSA) is 20.2 Å². The fraction of sp³-hybridized carbons (Fsp3) is 0.818. The van der Waals surface area contributed by atoms with Gasteiger partial charge in [-0.2, -0.15) is 0 Å². The van der Waals surface area contributed by atoms with Crippen molar-refractivity contribution >= 4 is 0 Å². The van der Waals surface area contributed by atoms with Crippen LogP contribution in [-0.4, -0.2) is 10.7 Å². The summed E-state index contributed by atoms with van der Waals surface area (Å²) in [6.45, 7) is 6.05. The van der Waals surface area contributed by atoms with E-state index in [0.717, 1.165) is 6.42 Å². The van der Waals surface area contributed by atoms with Crippen LogP contribution >= 0.6 is 0 Å². The van der Waals surface area contributed by atoms with Crippen LogP contribution in [0.1, 0.15) is 39.0 Å². The number of fused-ring (bicyclic) bond motifs is 1. The van der Waals surface area contributed by atoms with Gasteiger partial charge in [-0.3, -0.25) is 0 Å². The Kier molecular flexibility index (Phi) is 1.80. The first kappa shape index (κ1) is 8.31. The molecule has 0 radical (unpaired) electrons. The van der Waals surface area contributed by atoms with Gasteiger partial charge in [-0.05, 0) is 38.0 Å². The molecule has 0 heterocycles. The zero-order chi connectivity index (χ0) is 8.77. The summed E-state index contributed by atoms with van der Waals surface area (Å²) < 4.78 is 0. The van der Waals surface area contributed by atoms with Crippen LogP contribution in [0, 0.1) is 11.8 Å². The van der Waals surface area contributed by atoms with Crippen LogP contribution in [-0.2, 0) is 0 Å². The van der Waals surface area contributed by atoms with E-state index in [4.69, 9.17) is 0 Å². The fourth-order valence-corrected chi connectivity index (χ4v) is 3.09. The molecule has 0 spiro atoms. The lowest BCUT2D eigenvalue weighted by molar-refractivity contribution is -0.00194. The Labute approximate surface area is 74.5 Å². The highest BCUT2D eigenvalue weighted by molar-refractivity contribution is 5.17. The van der Waals surface area contributed by atoms with E-state index in [9.17, 15) is 5.11 Å². The Morgan fingerprint density at radius 3 is 2.75 bits per heavy atom. The van der Waals surface area contributed by atoms with Gasteiger partial charge in [-0.1, -0.05) is 25.0 Å². The molecule has 0 aromatic rings. The molecular formula is C11H18O. The van der Waals surface area contributed by atoms with E-state index < -0.39 is 5.60 Å². The molecule has 0 aromatic heterocycles.